The molecule has 1 aromatic heterocycles. The fourth-order valence-corrected chi connectivity index (χ4v) is 3.31. The van der Waals surface area contributed by atoms with Crippen LogP contribution in [0.5, 0.6) is 0 Å². The first-order valence-electron chi connectivity index (χ1n) is 7.04. The zero-order valence-electron chi connectivity index (χ0n) is 11.9. The minimum atomic E-state index is -0.669. The lowest BCUT2D eigenvalue weighted by molar-refractivity contribution is -0.142. The summed E-state index contributed by atoms with van der Waals surface area (Å²) in [4.78, 5) is 13.5. The van der Waals surface area contributed by atoms with Gasteiger partial charge in [0.15, 0.2) is 0 Å². The SMILES string of the molecule is CC1CN(Cc2cn(C)c3ccccc23)CC1C(=O)O. The van der Waals surface area contributed by atoms with E-state index in [4.69, 9.17) is 0 Å². The molecule has 0 amide bonds. The van der Waals surface area contributed by atoms with Crippen LogP contribution in [0.15, 0.2) is 30.5 Å². The highest BCUT2D eigenvalue weighted by Gasteiger charge is 2.34. The highest BCUT2D eigenvalue weighted by molar-refractivity contribution is 5.83. The highest BCUT2D eigenvalue weighted by Crippen LogP contribution is 2.27. The number of fused-ring (bicyclic) bond motifs is 1. The Kier molecular flexibility index (Phi) is 3.26. The lowest BCUT2D eigenvalue weighted by atomic mass is 9.99. The van der Waals surface area contributed by atoms with Gasteiger partial charge in [0.05, 0.1) is 5.92 Å². The van der Waals surface area contributed by atoms with Crippen LogP contribution in [0.3, 0.4) is 0 Å². The van der Waals surface area contributed by atoms with Gasteiger partial charge in [-0.05, 0) is 17.5 Å². The molecular weight excluding hydrogens is 252 g/mol. The number of carboxylic acids is 1. The molecule has 2 atom stereocenters. The van der Waals surface area contributed by atoms with E-state index < -0.39 is 5.97 Å². The van der Waals surface area contributed by atoms with Crippen LogP contribution >= 0.6 is 0 Å². The van der Waals surface area contributed by atoms with Gasteiger partial charge in [0.25, 0.3) is 0 Å². The number of aromatic nitrogens is 1. The Morgan fingerprint density at radius 3 is 2.80 bits per heavy atom. The van der Waals surface area contributed by atoms with Crippen molar-refractivity contribution in [1.82, 2.24) is 9.47 Å². The van der Waals surface area contributed by atoms with Gasteiger partial charge in [0.2, 0.25) is 0 Å². The molecule has 4 nitrogen and oxygen atoms in total. The largest absolute Gasteiger partial charge is 0.481 e. The quantitative estimate of drug-likeness (QED) is 0.932. The van der Waals surface area contributed by atoms with Crippen molar-refractivity contribution < 1.29 is 9.90 Å². The number of aryl methyl sites for hydroxylation is 1. The zero-order chi connectivity index (χ0) is 14.3. The predicted molar refractivity (Wildman–Crippen MR) is 78.5 cm³/mol. The Hall–Kier alpha value is -1.81. The van der Waals surface area contributed by atoms with E-state index in [2.05, 4.69) is 40.9 Å². The monoisotopic (exact) mass is 272 g/mol. The molecule has 106 valence electrons. The number of carbonyl (C=O) groups is 1. The third kappa shape index (κ3) is 2.20. The second-order valence-corrected chi connectivity index (χ2v) is 5.90. The fraction of sp³-hybridized carbons (Fsp3) is 0.438. The predicted octanol–water partition coefficient (Wildman–Crippen LogP) is 2.33. The molecule has 1 fully saturated rings. The van der Waals surface area contributed by atoms with Gasteiger partial charge < -0.3 is 9.67 Å². The van der Waals surface area contributed by atoms with E-state index in [0.717, 1.165) is 13.1 Å². The maximum atomic E-state index is 11.2. The third-order valence-corrected chi connectivity index (χ3v) is 4.38. The molecule has 1 aliphatic heterocycles. The first-order chi connectivity index (χ1) is 9.56. The van der Waals surface area contributed by atoms with Gasteiger partial charge in [-0.15, -0.1) is 0 Å². The molecule has 2 heterocycles. The van der Waals surface area contributed by atoms with Crippen LogP contribution in [-0.2, 0) is 18.4 Å². The second-order valence-electron chi connectivity index (χ2n) is 5.90. The summed E-state index contributed by atoms with van der Waals surface area (Å²) in [7, 11) is 2.05. The topological polar surface area (TPSA) is 45.5 Å². The normalized spacial score (nSPS) is 23.5. The van der Waals surface area contributed by atoms with Gasteiger partial charge in [-0.25, -0.2) is 0 Å². The number of rotatable bonds is 3. The number of hydrogen-bond donors (Lipinski definition) is 1. The number of carboxylic acid groups (broad SMARTS) is 1. The summed E-state index contributed by atoms with van der Waals surface area (Å²) in [6, 6.07) is 8.35. The summed E-state index contributed by atoms with van der Waals surface area (Å²) in [6.45, 7) is 4.37. The number of para-hydroxylation sites is 1. The van der Waals surface area contributed by atoms with E-state index in [9.17, 15) is 9.90 Å². The summed E-state index contributed by atoms with van der Waals surface area (Å²) in [5.74, 6) is -0.676. The summed E-state index contributed by atoms with van der Waals surface area (Å²) < 4.78 is 2.14. The van der Waals surface area contributed by atoms with Crippen LogP contribution in [0.1, 0.15) is 12.5 Å². The van der Waals surface area contributed by atoms with Crippen molar-refractivity contribution in [2.75, 3.05) is 13.1 Å². The zero-order valence-corrected chi connectivity index (χ0v) is 11.9. The molecule has 20 heavy (non-hydrogen) atoms. The van der Waals surface area contributed by atoms with Crippen molar-refractivity contribution in [2.45, 2.75) is 13.5 Å². The Balaban J connectivity index is 1.83. The van der Waals surface area contributed by atoms with Crippen molar-refractivity contribution in [3.05, 3.63) is 36.0 Å². The number of likely N-dealkylation sites (tertiary alicyclic amines) is 1. The average Bonchev–Trinajstić information content (AvgIpc) is 2.92. The number of nitrogens with zero attached hydrogens (tertiary/aromatic N) is 2. The van der Waals surface area contributed by atoms with Gasteiger partial charge in [-0.2, -0.15) is 0 Å². The van der Waals surface area contributed by atoms with Crippen LogP contribution in [0.2, 0.25) is 0 Å². The first-order valence-corrected chi connectivity index (χ1v) is 7.04. The molecule has 2 aromatic rings. The lowest BCUT2D eigenvalue weighted by Gasteiger charge is -2.14. The fourth-order valence-electron chi connectivity index (χ4n) is 3.31. The van der Waals surface area contributed by atoms with Gasteiger partial charge >= 0.3 is 5.97 Å². The molecular formula is C16H20N2O2. The molecule has 1 aliphatic rings. The van der Waals surface area contributed by atoms with Gasteiger partial charge in [0.1, 0.15) is 0 Å². The maximum Gasteiger partial charge on any atom is 0.308 e. The maximum absolute atomic E-state index is 11.2. The number of aliphatic carboxylic acids is 1. The van der Waals surface area contributed by atoms with Crippen molar-refractivity contribution >= 4 is 16.9 Å². The Morgan fingerprint density at radius 2 is 2.10 bits per heavy atom. The summed E-state index contributed by atoms with van der Waals surface area (Å²) in [6.07, 6.45) is 2.16. The molecule has 0 bridgehead atoms. The van der Waals surface area contributed by atoms with E-state index in [-0.39, 0.29) is 11.8 Å². The van der Waals surface area contributed by atoms with Gasteiger partial charge in [0, 0.05) is 43.8 Å². The molecule has 0 saturated carbocycles. The van der Waals surface area contributed by atoms with Gasteiger partial charge in [-0.3, -0.25) is 9.69 Å². The van der Waals surface area contributed by atoms with Crippen LogP contribution < -0.4 is 0 Å². The third-order valence-electron chi connectivity index (χ3n) is 4.38. The van der Waals surface area contributed by atoms with E-state index in [0.29, 0.717) is 6.54 Å². The Bertz CT molecular complexity index is 647. The van der Waals surface area contributed by atoms with E-state index >= 15 is 0 Å². The summed E-state index contributed by atoms with van der Waals surface area (Å²) >= 11 is 0. The smallest absolute Gasteiger partial charge is 0.308 e. The van der Waals surface area contributed by atoms with E-state index in [1.54, 1.807) is 0 Å². The molecule has 1 aromatic carbocycles. The molecule has 0 radical (unpaired) electrons. The molecule has 0 spiro atoms. The lowest BCUT2D eigenvalue weighted by Crippen LogP contribution is -2.23. The van der Waals surface area contributed by atoms with Crippen molar-refractivity contribution in [2.24, 2.45) is 18.9 Å². The van der Waals surface area contributed by atoms with E-state index in [1.807, 2.05) is 13.0 Å². The summed E-state index contributed by atoms with van der Waals surface area (Å²) in [5, 5.41) is 10.5. The van der Waals surface area contributed by atoms with Crippen LogP contribution in [0.4, 0.5) is 0 Å². The van der Waals surface area contributed by atoms with Crippen LogP contribution in [0.25, 0.3) is 10.9 Å². The molecule has 0 aliphatic carbocycles. The molecule has 2 unspecified atom stereocenters. The summed E-state index contributed by atoms with van der Waals surface area (Å²) in [5.41, 5.74) is 2.51. The molecule has 3 rings (SSSR count). The average molecular weight is 272 g/mol. The molecule has 4 heteroatoms. The first kappa shape index (κ1) is 13.2. The van der Waals surface area contributed by atoms with Gasteiger partial charge in [-0.1, -0.05) is 25.1 Å². The van der Waals surface area contributed by atoms with Crippen molar-refractivity contribution in [1.29, 1.82) is 0 Å². The minimum absolute atomic E-state index is 0.225. The second kappa shape index (κ2) is 4.94. The van der Waals surface area contributed by atoms with E-state index in [1.165, 1.54) is 16.5 Å². The highest BCUT2D eigenvalue weighted by atomic mass is 16.4. The molecule has 1 saturated heterocycles. The molecule has 1 N–H and O–H groups in total. The number of benzene rings is 1. The van der Waals surface area contributed by atoms with Crippen LogP contribution in [0, 0.1) is 11.8 Å². The number of hydrogen-bond acceptors (Lipinski definition) is 2. The standard InChI is InChI=1S/C16H20N2O2/c1-11-7-18(10-14(11)16(19)20)9-12-8-17(2)15-6-4-3-5-13(12)15/h3-6,8,11,14H,7,9-10H2,1-2H3,(H,19,20). The van der Waals surface area contributed by atoms with Crippen molar-refractivity contribution in [3.8, 4) is 0 Å². The van der Waals surface area contributed by atoms with Crippen LogP contribution in [-0.4, -0.2) is 33.6 Å². The minimum Gasteiger partial charge on any atom is -0.481 e. The Morgan fingerprint density at radius 1 is 1.35 bits per heavy atom. The van der Waals surface area contributed by atoms with Crippen molar-refractivity contribution in [3.63, 3.8) is 0 Å². The Labute approximate surface area is 118 Å².